The van der Waals surface area contributed by atoms with Crippen LogP contribution in [-0.2, 0) is 5.41 Å². The predicted molar refractivity (Wildman–Crippen MR) is 90.4 cm³/mol. The number of hydrogen-bond donors (Lipinski definition) is 1. The first-order chi connectivity index (χ1) is 9.34. The smallest absolute Gasteiger partial charge is 0.0683 e. The molecule has 2 aromatic rings. The standard InChI is InChI=1S/C16H19Cl2NS/c1-16(2,3)13-9-8-12(20-13)15(19-4)10-6-5-7-11(17)14(10)18/h5-9,15,19H,1-4H3. The van der Waals surface area contributed by atoms with Crippen molar-refractivity contribution in [1.29, 1.82) is 0 Å². The third-order valence-corrected chi connectivity index (χ3v) is 5.64. The van der Waals surface area contributed by atoms with Gasteiger partial charge < -0.3 is 5.32 Å². The van der Waals surface area contributed by atoms with E-state index >= 15 is 0 Å². The van der Waals surface area contributed by atoms with Crippen molar-refractivity contribution in [3.63, 3.8) is 0 Å². The molecule has 0 aliphatic carbocycles. The van der Waals surface area contributed by atoms with Gasteiger partial charge in [0.2, 0.25) is 0 Å². The first-order valence-corrected chi connectivity index (χ1v) is 8.13. The Hall–Kier alpha value is -0.540. The molecule has 1 aromatic carbocycles. The van der Waals surface area contributed by atoms with Crippen LogP contribution in [-0.4, -0.2) is 7.05 Å². The minimum absolute atomic E-state index is 0.0716. The lowest BCUT2D eigenvalue weighted by molar-refractivity contribution is 0.604. The van der Waals surface area contributed by atoms with Crippen molar-refractivity contribution in [1.82, 2.24) is 5.32 Å². The van der Waals surface area contributed by atoms with Crippen LogP contribution < -0.4 is 5.32 Å². The van der Waals surface area contributed by atoms with Gasteiger partial charge in [0, 0.05) is 9.75 Å². The second-order valence-electron chi connectivity index (χ2n) is 5.82. The van der Waals surface area contributed by atoms with E-state index < -0.39 is 0 Å². The first-order valence-electron chi connectivity index (χ1n) is 6.56. The highest BCUT2D eigenvalue weighted by Crippen LogP contribution is 2.38. The minimum atomic E-state index is 0.0716. The predicted octanol–water partition coefficient (Wildman–Crippen LogP) is 5.66. The van der Waals surface area contributed by atoms with Gasteiger partial charge >= 0.3 is 0 Å². The van der Waals surface area contributed by atoms with Gasteiger partial charge in [0.15, 0.2) is 0 Å². The van der Waals surface area contributed by atoms with Gasteiger partial charge in [0.25, 0.3) is 0 Å². The van der Waals surface area contributed by atoms with Crippen molar-refractivity contribution in [3.05, 3.63) is 55.7 Å². The van der Waals surface area contributed by atoms with E-state index in [1.54, 1.807) is 0 Å². The molecule has 0 radical (unpaired) electrons. The highest BCUT2D eigenvalue weighted by atomic mass is 35.5. The van der Waals surface area contributed by atoms with E-state index in [-0.39, 0.29) is 11.5 Å². The maximum atomic E-state index is 6.35. The second-order valence-corrected chi connectivity index (χ2v) is 7.72. The summed E-state index contributed by atoms with van der Waals surface area (Å²) < 4.78 is 0. The average Bonchev–Trinajstić information content (AvgIpc) is 2.85. The average molecular weight is 328 g/mol. The lowest BCUT2D eigenvalue weighted by Crippen LogP contribution is -2.17. The van der Waals surface area contributed by atoms with Gasteiger partial charge in [-0.1, -0.05) is 56.1 Å². The van der Waals surface area contributed by atoms with Gasteiger partial charge in [-0.05, 0) is 36.2 Å². The molecule has 4 heteroatoms. The number of hydrogen-bond acceptors (Lipinski definition) is 2. The molecule has 1 N–H and O–H groups in total. The van der Waals surface area contributed by atoms with E-state index in [1.807, 2.05) is 36.6 Å². The zero-order valence-corrected chi connectivity index (χ0v) is 14.5. The molecule has 0 bridgehead atoms. The number of benzene rings is 1. The largest absolute Gasteiger partial charge is 0.309 e. The summed E-state index contributed by atoms with van der Waals surface area (Å²) in [5.41, 5.74) is 1.18. The minimum Gasteiger partial charge on any atom is -0.309 e. The molecule has 0 amide bonds. The Morgan fingerprint density at radius 1 is 1.10 bits per heavy atom. The van der Waals surface area contributed by atoms with Crippen molar-refractivity contribution in [3.8, 4) is 0 Å². The molecule has 1 atom stereocenters. The van der Waals surface area contributed by atoms with E-state index in [9.17, 15) is 0 Å². The summed E-state index contributed by atoms with van der Waals surface area (Å²) in [7, 11) is 1.94. The Labute approximate surface area is 134 Å². The topological polar surface area (TPSA) is 12.0 Å². The van der Waals surface area contributed by atoms with E-state index in [2.05, 4.69) is 38.2 Å². The Morgan fingerprint density at radius 3 is 2.35 bits per heavy atom. The van der Waals surface area contributed by atoms with Crippen LogP contribution in [0.2, 0.25) is 10.0 Å². The molecule has 0 aliphatic heterocycles. The van der Waals surface area contributed by atoms with Crippen molar-refractivity contribution >= 4 is 34.5 Å². The Morgan fingerprint density at radius 2 is 1.80 bits per heavy atom. The maximum Gasteiger partial charge on any atom is 0.0683 e. The summed E-state index contributed by atoms with van der Waals surface area (Å²) in [5, 5.41) is 4.55. The molecule has 0 spiro atoms. The maximum absolute atomic E-state index is 6.35. The highest BCUT2D eigenvalue weighted by molar-refractivity contribution is 7.12. The molecule has 0 fully saturated rings. The lowest BCUT2D eigenvalue weighted by atomic mass is 9.95. The molecule has 0 aliphatic rings. The van der Waals surface area contributed by atoms with E-state index in [0.717, 1.165) is 5.56 Å². The summed E-state index contributed by atoms with van der Waals surface area (Å²) in [6.45, 7) is 6.68. The van der Waals surface area contributed by atoms with E-state index in [0.29, 0.717) is 10.0 Å². The molecule has 2 rings (SSSR count). The highest BCUT2D eigenvalue weighted by Gasteiger charge is 2.22. The Kier molecular flexibility index (Phi) is 4.80. The van der Waals surface area contributed by atoms with Crippen LogP contribution in [0.5, 0.6) is 0 Å². The molecule has 20 heavy (non-hydrogen) atoms. The summed E-state index contributed by atoms with van der Waals surface area (Å²) in [4.78, 5) is 2.62. The normalized spacial score (nSPS) is 13.5. The molecule has 108 valence electrons. The second kappa shape index (κ2) is 6.07. The first kappa shape index (κ1) is 15.8. The fourth-order valence-corrected chi connectivity index (χ4v) is 3.72. The number of thiophene rings is 1. The zero-order chi connectivity index (χ0) is 14.9. The van der Waals surface area contributed by atoms with Crippen molar-refractivity contribution in [2.45, 2.75) is 32.2 Å². The van der Waals surface area contributed by atoms with Gasteiger partial charge in [0.1, 0.15) is 0 Å². The van der Waals surface area contributed by atoms with Crippen LogP contribution in [0, 0.1) is 0 Å². The van der Waals surface area contributed by atoms with Crippen LogP contribution in [0.3, 0.4) is 0 Å². The third-order valence-electron chi connectivity index (χ3n) is 3.23. The van der Waals surface area contributed by atoms with Crippen LogP contribution in [0.25, 0.3) is 0 Å². The summed E-state index contributed by atoms with van der Waals surface area (Å²) >= 11 is 14.3. The zero-order valence-electron chi connectivity index (χ0n) is 12.1. The number of halogens is 2. The SMILES string of the molecule is CNC(c1ccc(C(C)(C)C)s1)c1cccc(Cl)c1Cl. The molecular formula is C16H19Cl2NS. The van der Waals surface area contributed by atoms with Crippen LogP contribution in [0.4, 0.5) is 0 Å². The van der Waals surface area contributed by atoms with Crippen LogP contribution >= 0.6 is 34.5 Å². The molecular weight excluding hydrogens is 309 g/mol. The van der Waals surface area contributed by atoms with Crippen molar-refractivity contribution in [2.75, 3.05) is 7.05 Å². The van der Waals surface area contributed by atoms with E-state index in [1.165, 1.54) is 9.75 Å². The van der Waals surface area contributed by atoms with Gasteiger partial charge in [-0.25, -0.2) is 0 Å². The Bertz CT molecular complexity index is 599. The number of nitrogens with one attached hydrogen (secondary N) is 1. The molecule has 1 unspecified atom stereocenters. The van der Waals surface area contributed by atoms with Crippen molar-refractivity contribution < 1.29 is 0 Å². The monoisotopic (exact) mass is 327 g/mol. The molecule has 1 aromatic heterocycles. The van der Waals surface area contributed by atoms with Gasteiger partial charge in [-0.2, -0.15) is 0 Å². The molecule has 0 saturated heterocycles. The van der Waals surface area contributed by atoms with Gasteiger partial charge in [-0.3, -0.25) is 0 Å². The fraction of sp³-hybridized carbons (Fsp3) is 0.375. The molecule has 1 heterocycles. The fourth-order valence-electron chi connectivity index (χ4n) is 2.11. The summed E-state index contributed by atoms with van der Waals surface area (Å²) in [6.07, 6.45) is 0. The molecule has 0 saturated carbocycles. The molecule has 1 nitrogen and oxygen atoms in total. The summed E-state index contributed by atoms with van der Waals surface area (Å²) in [6, 6.07) is 10.2. The van der Waals surface area contributed by atoms with Crippen LogP contribution in [0.1, 0.15) is 42.1 Å². The number of rotatable bonds is 3. The van der Waals surface area contributed by atoms with Crippen molar-refractivity contribution in [2.24, 2.45) is 0 Å². The Balaban J connectivity index is 2.43. The van der Waals surface area contributed by atoms with E-state index in [4.69, 9.17) is 23.2 Å². The van der Waals surface area contributed by atoms with Gasteiger partial charge in [0.05, 0.1) is 16.1 Å². The van der Waals surface area contributed by atoms with Gasteiger partial charge in [-0.15, -0.1) is 11.3 Å². The quantitative estimate of drug-likeness (QED) is 0.766. The lowest BCUT2D eigenvalue weighted by Gasteiger charge is -2.18. The third kappa shape index (κ3) is 3.20. The van der Waals surface area contributed by atoms with Crippen LogP contribution in [0.15, 0.2) is 30.3 Å². The summed E-state index contributed by atoms with van der Waals surface area (Å²) in [5.74, 6) is 0.